The van der Waals surface area contributed by atoms with E-state index >= 15 is 0 Å². The van der Waals surface area contributed by atoms with E-state index in [4.69, 9.17) is 0 Å². The Bertz CT molecular complexity index is 58.5. The van der Waals surface area contributed by atoms with Crippen molar-refractivity contribution in [2.24, 2.45) is 5.73 Å². The highest BCUT2D eigenvalue weighted by atomic mass is 14.4. The Morgan fingerprint density at radius 3 is 1.44 bits per heavy atom. The van der Waals surface area contributed by atoms with E-state index in [2.05, 4.69) is 31.7 Å². The fraction of sp³-hybridized carbons (Fsp3) is 0.867. The van der Waals surface area contributed by atoms with Gasteiger partial charge in [-0.3, -0.25) is 0 Å². The average molecular weight is 233 g/mol. The molecule has 0 bridgehead atoms. The molecule has 1 heteroatoms. The summed E-state index contributed by atoms with van der Waals surface area (Å²) in [5.74, 6) is 0. The molecule has 0 heterocycles. The van der Waals surface area contributed by atoms with Crippen molar-refractivity contribution in [1.82, 2.24) is 0 Å². The lowest BCUT2D eigenvalue weighted by Gasteiger charge is -1.88. The van der Waals surface area contributed by atoms with Gasteiger partial charge in [-0.25, -0.2) is 0 Å². The van der Waals surface area contributed by atoms with E-state index in [-0.39, 0.29) is 0 Å². The van der Waals surface area contributed by atoms with Crippen LogP contribution in [0.4, 0.5) is 0 Å². The van der Waals surface area contributed by atoms with Crippen LogP contribution in [0.5, 0.6) is 0 Å². The molecule has 0 spiro atoms. The first kappa shape index (κ1) is 29.6. The molecule has 0 saturated heterocycles. The van der Waals surface area contributed by atoms with E-state index in [1.54, 1.807) is 0 Å². The predicted molar refractivity (Wildman–Crippen MR) is 83.1 cm³/mol. The fourth-order valence-electron chi connectivity index (χ4n) is 0.679. The molecule has 0 aliphatic rings. The van der Waals surface area contributed by atoms with Gasteiger partial charge in [0.15, 0.2) is 0 Å². The van der Waals surface area contributed by atoms with Gasteiger partial charge in [0.2, 0.25) is 0 Å². The fourth-order valence-corrected chi connectivity index (χ4v) is 0.679. The summed E-state index contributed by atoms with van der Waals surface area (Å²) in [4.78, 5) is 0. The average Bonchev–Trinajstić information content (AvgIpc) is 2.44. The van der Waals surface area contributed by atoms with Gasteiger partial charge >= 0.3 is 0 Å². The van der Waals surface area contributed by atoms with Crippen molar-refractivity contribution in [3.8, 4) is 0 Å². The van der Waals surface area contributed by atoms with E-state index in [0.717, 1.165) is 0 Å². The number of unbranched alkanes of at least 4 members (excludes halogenated alkanes) is 3. The Morgan fingerprint density at radius 2 is 1.19 bits per heavy atom. The maximum absolute atomic E-state index is 4.50. The molecule has 0 saturated carbocycles. The van der Waals surface area contributed by atoms with Crippen LogP contribution in [0.2, 0.25) is 0 Å². The Kier molecular flexibility index (Phi) is 157. The maximum Gasteiger partial charge on any atom is -0.0195 e. The monoisotopic (exact) mass is 233 g/mol. The predicted octanol–water partition coefficient (Wildman–Crippen LogP) is 5.80. The first-order valence-corrected chi connectivity index (χ1v) is 7.10. The van der Waals surface area contributed by atoms with Crippen molar-refractivity contribution in [2.75, 3.05) is 7.05 Å². The number of nitrogens with two attached hydrogens (primary N) is 1. The lowest BCUT2D eigenvalue weighted by atomic mass is 10.2. The van der Waals surface area contributed by atoms with Crippen molar-refractivity contribution in [3.05, 3.63) is 12.2 Å². The summed E-state index contributed by atoms with van der Waals surface area (Å²) < 4.78 is 0. The lowest BCUT2D eigenvalue weighted by molar-refractivity contribution is 0.729. The highest BCUT2D eigenvalue weighted by Gasteiger charge is 1.78. The van der Waals surface area contributed by atoms with E-state index in [9.17, 15) is 0 Å². The molecule has 16 heavy (non-hydrogen) atoms. The minimum Gasteiger partial charge on any atom is -0.333 e. The third-order valence-electron chi connectivity index (χ3n) is 1.21. The molecule has 0 aromatic carbocycles. The maximum atomic E-state index is 4.50. The van der Waals surface area contributed by atoms with Crippen molar-refractivity contribution < 1.29 is 0 Å². The smallest absolute Gasteiger partial charge is 0.0195 e. The van der Waals surface area contributed by atoms with Crippen molar-refractivity contribution in [2.45, 2.75) is 81.1 Å². The van der Waals surface area contributed by atoms with Crippen molar-refractivity contribution >= 4 is 0 Å². The highest BCUT2D eigenvalue weighted by Crippen LogP contribution is 1.98. The summed E-state index contributed by atoms with van der Waals surface area (Å²) in [6.07, 6.45) is 9.69. The molecule has 0 aromatic heterocycles. The van der Waals surface area contributed by atoms with Crippen LogP contribution in [0.1, 0.15) is 81.1 Å². The van der Waals surface area contributed by atoms with E-state index in [1.165, 1.54) is 32.7 Å². The number of rotatable bonds is 4. The van der Waals surface area contributed by atoms with E-state index in [1.807, 2.05) is 41.5 Å². The zero-order chi connectivity index (χ0) is 14.2. The molecule has 0 atom stereocenters. The molecule has 0 aliphatic carbocycles. The largest absolute Gasteiger partial charge is 0.333 e. The zero-order valence-corrected chi connectivity index (χ0v) is 13.6. The topological polar surface area (TPSA) is 26.0 Å². The molecule has 0 amide bonds. The number of allylic oxidation sites excluding steroid dienone is 2. The molecule has 0 fully saturated rings. The zero-order valence-electron chi connectivity index (χ0n) is 13.6. The Balaban J connectivity index is -0.0000000426. The SMILES string of the molecule is C/C=C\CCCCC.CC.CC.CC.CN. The van der Waals surface area contributed by atoms with Gasteiger partial charge in [-0.05, 0) is 26.8 Å². The van der Waals surface area contributed by atoms with Gasteiger partial charge in [-0.1, -0.05) is 73.5 Å². The molecular weight excluding hydrogens is 194 g/mol. The van der Waals surface area contributed by atoms with Crippen LogP contribution in [-0.4, -0.2) is 7.05 Å². The Hall–Kier alpha value is -0.300. The summed E-state index contributed by atoms with van der Waals surface area (Å²) in [5, 5.41) is 0. The minimum absolute atomic E-state index is 1.27. The summed E-state index contributed by atoms with van der Waals surface area (Å²) >= 11 is 0. The molecule has 1 nitrogen and oxygen atoms in total. The molecule has 0 aliphatic heterocycles. The molecule has 0 unspecified atom stereocenters. The van der Waals surface area contributed by atoms with Gasteiger partial charge < -0.3 is 5.73 Å². The standard InChI is InChI=1S/C8H16.3C2H6.CH5N/c1-3-5-7-8-6-4-2;4*1-2/h3,5H,4,6-8H2,1-2H3;3*1-2H3;2H2,1H3/b5-3-;;;;. The van der Waals surface area contributed by atoms with Crippen LogP contribution in [-0.2, 0) is 0 Å². The van der Waals surface area contributed by atoms with Gasteiger partial charge in [0, 0.05) is 0 Å². The van der Waals surface area contributed by atoms with Crippen LogP contribution in [0.3, 0.4) is 0 Å². The second-order valence-electron chi connectivity index (χ2n) is 2.06. The van der Waals surface area contributed by atoms with Gasteiger partial charge in [0.05, 0.1) is 0 Å². The lowest BCUT2D eigenvalue weighted by Crippen LogP contribution is -1.69. The normalized spacial score (nSPS) is 6.88. The summed E-state index contributed by atoms with van der Waals surface area (Å²) in [6.45, 7) is 16.3. The van der Waals surface area contributed by atoms with Crippen LogP contribution >= 0.6 is 0 Å². The van der Waals surface area contributed by atoms with Gasteiger partial charge in [-0.15, -0.1) is 0 Å². The van der Waals surface area contributed by atoms with Gasteiger partial charge in [0.25, 0.3) is 0 Å². The first-order chi connectivity index (χ1) is 7.91. The number of hydrogen-bond acceptors (Lipinski definition) is 1. The molecular formula is C15H39N. The quantitative estimate of drug-likeness (QED) is 0.482. The third-order valence-corrected chi connectivity index (χ3v) is 1.21. The van der Waals surface area contributed by atoms with Crippen molar-refractivity contribution in [3.63, 3.8) is 0 Å². The Morgan fingerprint density at radius 1 is 0.812 bits per heavy atom. The highest BCUT2D eigenvalue weighted by molar-refractivity contribution is 4.75. The second-order valence-corrected chi connectivity index (χ2v) is 2.06. The molecule has 0 radical (unpaired) electrons. The van der Waals surface area contributed by atoms with Crippen LogP contribution in [0.25, 0.3) is 0 Å². The molecule has 0 rings (SSSR count). The van der Waals surface area contributed by atoms with E-state index in [0.29, 0.717) is 0 Å². The molecule has 0 aromatic rings. The third kappa shape index (κ3) is 100. The first-order valence-electron chi connectivity index (χ1n) is 7.10. The van der Waals surface area contributed by atoms with Gasteiger partial charge in [0.1, 0.15) is 0 Å². The summed E-state index contributed by atoms with van der Waals surface area (Å²) in [6, 6.07) is 0. The molecule has 2 N–H and O–H groups in total. The van der Waals surface area contributed by atoms with Crippen LogP contribution in [0, 0.1) is 0 Å². The van der Waals surface area contributed by atoms with Crippen LogP contribution in [0.15, 0.2) is 12.2 Å². The minimum atomic E-state index is 1.27. The Labute approximate surface area is 107 Å². The second kappa shape index (κ2) is 84.9. The van der Waals surface area contributed by atoms with Gasteiger partial charge in [-0.2, -0.15) is 0 Å². The van der Waals surface area contributed by atoms with E-state index < -0.39 is 0 Å². The molecule has 104 valence electrons. The number of hydrogen-bond donors (Lipinski definition) is 1. The van der Waals surface area contributed by atoms with Crippen molar-refractivity contribution in [1.29, 1.82) is 0 Å². The summed E-state index contributed by atoms with van der Waals surface area (Å²) in [5.41, 5.74) is 4.50. The summed E-state index contributed by atoms with van der Waals surface area (Å²) in [7, 11) is 1.50. The van der Waals surface area contributed by atoms with Crippen LogP contribution < -0.4 is 5.73 Å².